The third-order valence-electron chi connectivity index (χ3n) is 5.55. The Morgan fingerprint density at radius 1 is 1.03 bits per heavy atom. The first kappa shape index (κ1) is 22.4. The molecule has 0 radical (unpaired) electrons. The predicted octanol–water partition coefficient (Wildman–Crippen LogP) is 5.31. The van der Waals surface area contributed by atoms with Crippen LogP contribution in [-0.4, -0.2) is 29.2 Å². The standard InChI is InChI=1S/C27H29N3O3/c1-19-10-8-11-21(18-19)27(31)28-20(2)26-29-22-12-4-5-13-23(22)30(26)16-9-17-33-25-15-7-6-14-24(25)32-3/h4-8,10-15,18,20H,9,16-17H2,1-3H3,(H,28,31). The van der Waals surface area contributed by atoms with Gasteiger partial charge in [0.05, 0.1) is 30.8 Å². The van der Waals surface area contributed by atoms with Crippen LogP contribution in [0.5, 0.6) is 11.5 Å². The third kappa shape index (κ3) is 5.17. The zero-order valence-electron chi connectivity index (χ0n) is 19.2. The van der Waals surface area contributed by atoms with E-state index in [2.05, 4.69) is 16.0 Å². The van der Waals surface area contributed by atoms with Crippen LogP contribution in [0.15, 0.2) is 72.8 Å². The molecule has 0 saturated carbocycles. The smallest absolute Gasteiger partial charge is 0.251 e. The fourth-order valence-corrected chi connectivity index (χ4v) is 3.93. The summed E-state index contributed by atoms with van der Waals surface area (Å²) >= 11 is 0. The number of fused-ring (bicyclic) bond motifs is 1. The Morgan fingerprint density at radius 2 is 1.79 bits per heavy atom. The number of benzene rings is 3. The lowest BCUT2D eigenvalue weighted by Gasteiger charge is -2.17. The van der Waals surface area contributed by atoms with E-state index in [4.69, 9.17) is 14.5 Å². The molecule has 0 aliphatic heterocycles. The van der Waals surface area contributed by atoms with Crippen LogP contribution in [-0.2, 0) is 6.54 Å². The first-order valence-corrected chi connectivity index (χ1v) is 11.2. The summed E-state index contributed by atoms with van der Waals surface area (Å²) in [4.78, 5) is 17.6. The van der Waals surface area contributed by atoms with Crippen molar-refractivity contribution < 1.29 is 14.3 Å². The van der Waals surface area contributed by atoms with Gasteiger partial charge in [0.25, 0.3) is 5.91 Å². The first-order chi connectivity index (χ1) is 16.1. The van der Waals surface area contributed by atoms with Gasteiger partial charge in [0.1, 0.15) is 5.82 Å². The summed E-state index contributed by atoms with van der Waals surface area (Å²) in [5, 5.41) is 3.10. The molecule has 1 heterocycles. The number of aryl methyl sites for hydroxylation is 2. The molecule has 4 aromatic rings. The van der Waals surface area contributed by atoms with Gasteiger partial charge >= 0.3 is 0 Å². The zero-order valence-corrected chi connectivity index (χ0v) is 19.2. The van der Waals surface area contributed by atoms with Gasteiger partial charge in [-0.25, -0.2) is 4.98 Å². The largest absolute Gasteiger partial charge is 0.493 e. The summed E-state index contributed by atoms with van der Waals surface area (Å²) < 4.78 is 13.5. The molecule has 1 atom stereocenters. The minimum absolute atomic E-state index is 0.107. The number of rotatable bonds is 9. The molecule has 0 spiro atoms. The molecule has 1 aromatic heterocycles. The molecule has 1 amide bonds. The molecule has 33 heavy (non-hydrogen) atoms. The van der Waals surface area contributed by atoms with E-state index in [1.54, 1.807) is 7.11 Å². The van der Waals surface area contributed by atoms with Crippen LogP contribution in [0, 0.1) is 6.92 Å². The van der Waals surface area contributed by atoms with Gasteiger partial charge in [0.2, 0.25) is 0 Å². The van der Waals surface area contributed by atoms with E-state index in [9.17, 15) is 4.79 Å². The third-order valence-corrected chi connectivity index (χ3v) is 5.55. The Hall–Kier alpha value is -3.80. The Labute approximate surface area is 194 Å². The fourth-order valence-electron chi connectivity index (χ4n) is 3.93. The second kappa shape index (κ2) is 10.2. The second-order valence-corrected chi connectivity index (χ2v) is 8.03. The predicted molar refractivity (Wildman–Crippen MR) is 130 cm³/mol. The summed E-state index contributed by atoms with van der Waals surface area (Å²) in [7, 11) is 1.64. The van der Waals surface area contributed by atoms with Crippen molar-refractivity contribution in [1.82, 2.24) is 14.9 Å². The lowest BCUT2D eigenvalue weighted by Crippen LogP contribution is -2.29. The maximum absolute atomic E-state index is 12.8. The highest BCUT2D eigenvalue weighted by Gasteiger charge is 2.19. The topological polar surface area (TPSA) is 65.4 Å². The Kier molecular flexibility index (Phi) is 6.93. The summed E-state index contributed by atoms with van der Waals surface area (Å²) in [6.45, 7) is 5.20. The first-order valence-electron chi connectivity index (χ1n) is 11.2. The maximum Gasteiger partial charge on any atom is 0.251 e. The van der Waals surface area contributed by atoms with E-state index in [1.807, 2.05) is 80.6 Å². The van der Waals surface area contributed by atoms with Crippen LogP contribution in [0.25, 0.3) is 11.0 Å². The quantitative estimate of drug-likeness (QED) is 0.356. The lowest BCUT2D eigenvalue weighted by molar-refractivity contribution is 0.0937. The van der Waals surface area contributed by atoms with E-state index in [1.165, 1.54) is 0 Å². The van der Waals surface area contributed by atoms with Gasteiger partial charge in [-0.1, -0.05) is 42.0 Å². The summed E-state index contributed by atoms with van der Waals surface area (Å²) in [5.41, 5.74) is 3.66. The maximum atomic E-state index is 12.8. The summed E-state index contributed by atoms with van der Waals surface area (Å²) in [6, 6.07) is 23.0. The van der Waals surface area contributed by atoms with Gasteiger partial charge in [-0.3, -0.25) is 4.79 Å². The van der Waals surface area contributed by atoms with E-state index < -0.39 is 0 Å². The van der Waals surface area contributed by atoms with Gasteiger partial charge in [0.15, 0.2) is 11.5 Å². The minimum atomic E-state index is -0.249. The van der Waals surface area contributed by atoms with Gasteiger partial charge in [-0.05, 0) is 56.7 Å². The highest BCUT2D eigenvalue weighted by molar-refractivity contribution is 5.94. The molecule has 0 fully saturated rings. The molecule has 0 bridgehead atoms. The Bertz CT molecular complexity index is 1250. The number of carbonyl (C=O) groups is 1. The zero-order chi connectivity index (χ0) is 23.2. The van der Waals surface area contributed by atoms with Crippen molar-refractivity contribution in [2.24, 2.45) is 0 Å². The van der Waals surface area contributed by atoms with Crippen molar-refractivity contribution >= 4 is 16.9 Å². The highest BCUT2D eigenvalue weighted by atomic mass is 16.5. The molecule has 0 saturated heterocycles. The van der Waals surface area contributed by atoms with Crippen molar-refractivity contribution in [1.29, 1.82) is 0 Å². The van der Waals surface area contributed by atoms with E-state index in [0.717, 1.165) is 46.9 Å². The van der Waals surface area contributed by atoms with Crippen LogP contribution in [0.4, 0.5) is 0 Å². The van der Waals surface area contributed by atoms with Crippen molar-refractivity contribution in [3.05, 3.63) is 89.7 Å². The number of nitrogens with zero attached hydrogens (tertiary/aromatic N) is 2. The highest BCUT2D eigenvalue weighted by Crippen LogP contribution is 2.26. The number of carbonyl (C=O) groups excluding carboxylic acids is 1. The second-order valence-electron chi connectivity index (χ2n) is 8.03. The number of para-hydroxylation sites is 4. The molecule has 6 heteroatoms. The van der Waals surface area contributed by atoms with Crippen LogP contribution in [0.2, 0.25) is 0 Å². The van der Waals surface area contributed by atoms with E-state index in [-0.39, 0.29) is 11.9 Å². The number of nitrogens with one attached hydrogen (secondary N) is 1. The van der Waals surface area contributed by atoms with Crippen LogP contribution >= 0.6 is 0 Å². The Morgan fingerprint density at radius 3 is 2.58 bits per heavy atom. The monoisotopic (exact) mass is 443 g/mol. The average Bonchev–Trinajstić information content (AvgIpc) is 3.21. The molecule has 170 valence electrons. The molecule has 0 aliphatic carbocycles. The number of imidazole rings is 1. The number of aromatic nitrogens is 2. The molecular formula is C27H29N3O3. The number of hydrogen-bond donors (Lipinski definition) is 1. The molecule has 1 N–H and O–H groups in total. The van der Waals surface area contributed by atoms with E-state index in [0.29, 0.717) is 12.2 Å². The minimum Gasteiger partial charge on any atom is -0.493 e. The Balaban J connectivity index is 1.48. The van der Waals surface area contributed by atoms with E-state index >= 15 is 0 Å². The summed E-state index contributed by atoms with van der Waals surface area (Å²) in [6.07, 6.45) is 0.782. The van der Waals surface area contributed by atoms with Crippen LogP contribution in [0.3, 0.4) is 0 Å². The number of methoxy groups -OCH3 is 1. The molecule has 1 unspecified atom stereocenters. The van der Waals surface area contributed by atoms with Crippen molar-refractivity contribution in [3.8, 4) is 11.5 Å². The lowest BCUT2D eigenvalue weighted by atomic mass is 10.1. The SMILES string of the molecule is COc1ccccc1OCCCn1c(C(C)NC(=O)c2cccc(C)c2)nc2ccccc21. The van der Waals surface area contributed by atoms with Gasteiger partial charge in [-0.15, -0.1) is 0 Å². The average molecular weight is 444 g/mol. The molecule has 3 aromatic carbocycles. The number of ether oxygens (including phenoxy) is 2. The molecular weight excluding hydrogens is 414 g/mol. The molecule has 6 nitrogen and oxygen atoms in total. The number of hydrogen-bond acceptors (Lipinski definition) is 4. The normalized spacial score (nSPS) is 11.8. The number of amides is 1. The molecule has 4 rings (SSSR count). The van der Waals surface area contributed by atoms with Gasteiger partial charge in [0, 0.05) is 12.1 Å². The van der Waals surface area contributed by atoms with Crippen LogP contribution in [0.1, 0.15) is 41.1 Å². The van der Waals surface area contributed by atoms with Gasteiger partial charge in [-0.2, -0.15) is 0 Å². The fraction of sp³-hybridized carbons (Fsp3) is 0.259. The van der Waals surface area contributed by atoms with Crippen molar-refractivity contribution in [2.75, 3.05) is 13.7 Å². The van der Waals surface area contributed by atoms with Gasteiger partial charge < -0.3 is 19.4 Å². The van der Waals surface area contributed by atoms with Crippen molar-refractivity contribution in [3.63, 3.8) is 0 Å². The van der Waals surface area contributed by atoms with Crippen molar-refractivity contribution in [2.45, 2.75) is 32.9 Å². The summed E-state index contributed by atoms with van der Waals surface area (Å²) in [5.74, 6) is 2.17. The van der Waals surface area contributed by atoms with Crippen LogP contribution < -0.4 is 14.8 Å². The molecule has 0 aliphatic rings.